The molecule has 23 heavy (non-hydrogen) atoms. The summed E-state index contributed by atoms with van der Waals surface area (Å²) in [4.78, 5) is 14.1. The van der Waals surface area contributed by atoms with Gasteiger partial charge in [0, 0.05) is 26.2 Å². The SMILES string of the molecule is COC(=O)C(Cc1ccccc1)CS(=O)(=O)N1CCN(C)CC1. The molecule has 1 aliphatic rings. The molecule has 1 atom stereocenters. The van der Waals surface area contributed by atoms with Crippen LogP contribution in [0.4, 0.5) is 0 Å². The Bertz CT molecular complexity index is 610. The number of benzene rings is 1. The second kappa shape index (κ2) is 7.90. The van der Waals surface area contributed by atoms with Gasteiger partial charge in [0.1, 0.15) is 0 Å². The molecular formula is C16H24N2O4S. The Kier molecular flexibility index (Phi) is 6.15. The van der Waals surface area contributed by atoms with Gasteiger partial charge in [-0.2, -0.15) is 4.31 Å². The van der Waals surface area contributed by atoms with Gasteiger partial charge >= 0.3 is 5.97 Å². The van der Waals surface area contributed by atoms with Crippen molar-refractivity contribution in [1.82, 2.24) is 9.21 Å². The van der Waals surface area contributed by atoms with E-state index in [1.54, 1.807) is 0 Å². The number of carbonyl (C=O) groups is 1. The number of piperazine rings is 1. The predicted octanol–water partition coefficient (Wildman–Crippen LogP) is 0.595. The highest BCUT2D eigenvalue weighted by molar-refractivity contribution is 7.89. The molecule has 0 aromatic heterocycles. The van der Waals surface area contributed by atoms with Gasteiger partial charge in [0.2, 0.25) is 10.0 Å². The molecule has 7 heteroatoms. The van der Waals surface area contributed by atoms with Crippen LogP contribution in [-0.4, -0.2) is 69.7 Å². The molecule has 6 nitrogen and oxygen atoms in total. The Balaban J connectivity index is 2.09. The maximum absolute atomic E-state index is 12.6. The van der Waals surface area contributed by atoms with E-state index in [-0.39, 0.29) is 5.75 Å². The van der Waals surface area contributed by atoms with Crippen molar-refractivity contribution in [3.8, 4) is 0 Å². The summed E-state index contributed by atoms with van der Waals surface area (Å²) in [6.45, 7) is 2.36. The van der Waals surface area contributed by atoms with E-state index in [2.05, 4.69) is 4.90 Å². The quantitative estimate of drug-likeness (QED) is 0.709. The fourth-order valence-electron chi connectivity index (χ4n) is 2.70. The highest BCUT2D eigenvalue weighted by atomic mass is 32.2. The third-order valence-electron chi connectivity index (χ3n) is 4.13. The Labute approximate surface area is 138 Å². The van der Waals surface area contributed by atoms with Crippen molar-refractivity contribution in [3.05, 3.63) is 35.9 Å². The first-order valence-electron chi connectivity index (χ1n) is 7.70. The molecule has 128 valence electrons. The minimum Gasteiger partial charge on any atom is -0.469 e. The molecule has 2 rings (SSSR count). The van der Waals surface area contributed by atoms with Gasteiger partial charge in [0.05, 0.1) is 18.8 Å². The first-order valence-corrected chi connectivity index (χ1v) is 9.31. The fraction of sp³-hybridized carbons (Fsp3) is 0.562. The lowest BCUT2D eigenvalue weighted by atomic mass is 10.0. The summed E-state index contributed by atoms with van der Waals surface area (Å²) >= 11 is 0. The van der Waals surface area contributed by atoms with E-state index in [0.29, 0.717) is 32.6 Å². The predicted molar refractivity (Wildman–Crippen MR) is 88.5 cm³/mol. The largest absolute Gasteiger partial charge is 0.469 e. The number of ether oxygens (including phenoxy) is 1. The van der Waals surface area contributed by atoms with Crippen molar-refractivity contribution in [3.63, 3.8) is 0 Å². The van der Waals surface area contributed by atoms with Crippen molar-refractivity contribution in [1.29, 1.82) is 0 Å². The van der Waals surface area contributed by atoms with Crippen LogP contribution in [0.15, 0.2) is 30.3 Å². The van der Waals surface area contributed by atoms with Crippen molar-refractivity contribution in [2.45, 2.75) is 6.42 Å². The molecule has 0 N–H and O–H groups in total. The van der Waals surface area contributed by atoms with Gasteiger partial charge in [-0.3, -0.25) is 4.79 Å². The Morgan fingerprint density at radius 2 is 1.78 bits per heavy atom. The van der Waals surface area contributed by atoms with E-state index in [9.17, 15) is 13.2 Å². The van der Waals surface area contributed by atoms with Gasteiger partial charge in [-0.25, -0.2) is 8.42 Å². The topological polar surface area (TPSA) is 66.9 Å². The summed E-state index contributed by atoms with van der Waals surface area (Å²) in [5.74, 6) is -1.38. The van der Waals surface area contributed by atoms with E-state index in [1.165, 1.54) is 11.4 Å². The molecule has 1 aliphatic heterocycles. The summed E-state index contributed by atoms with van der Waals surface area (Å²) in [6, 6.07) is 9.41. The summed E-state index contributed by atoms with van der Waals surface area (Å²) in [5, 5.41) is 0. The Morgan fingerprint density at radius 3 is 2.35 bits per heavy atom. The molecule has 1 aromatic rings. The van der Waals surface area contributed by atoms with Crippen LogP contribution >= 0.6 is 0 Å². The lowest BCUT2D eigenvalue weighted by Gasteiger charge is -2.32. The summed E-state index contributed by atoms with van der Waals surface area (Å²) in [6.07, 6.45) is 0.362. The molecule has 1 fully saturated rings. The second-order valence-electron chi connectivity index (χ2n) is 5.89. The van der Waals surface area contributed by atoms with Gasteiger partial charge in [0.15, 0.2) is 0 Å². The maximum Gasteiger partial charge on any atom is 0.310 e. The molecule has 0 saturated carbocycles. The molecule has 1 aromatic carbocycles. The lowest BCUT2D eigenvalue weighted by Crippen LogP contribution is -2.49. The number of hydrogen-bond acceptors (Lipinski definition) is 5. The van der Waals surface area contributed by atoms with Crippen LogP contribution in [0.5, 0.6) is 0 Å². The molecule has 1 saturated heterocycles. The van der Waals surface area contributed by atoms with Crippen molar-refractivity contribution < 1.29 is 17.9 Å². The van der Waals surface area contributed by atoms with Crippen LogP contribution < -0.4 is 0 Å². The van der Waals surface area contributed by atoms with Crippen molar-refractivity contribution in [2.24, 2.45) is 5.92 Å². The number of esters is 1. The zero-order chi connectivity index (χ0) is 16.9. The number of methoxy groups -OCH3 is 1. The second-order valence-corrected chi connectivity index (χ2v) is 7.90. The van der Waals surface area contributed by atoms with Gasteiger partial charge in [0.25, 0.3) is 0 Å². The van der Waals surface area contributed by atoms with Gasteiger partial charge in [-0.15, -0.1) is 0 Å². The van der Waals surface area contributed by atoms with Crippen LogP contribution in [0, 0.1) is 5.92 Å². The van der Waals surface area contributed by atoms with Crippen LogP contribution in [0.1, 0.15) is 5.56 Å². The van der Waals surface area contributed by atoms with E-state index < -0.39 is 21.9 Å². The molecule has 0 bridgehead atoms. The number of likely N-dealkylation sites (N-methyl/N-ethyl adjacent to an activating group) is 1. The minimum atomic E-state index is -3.48. The molecular weight excluding hydrogens is 316 g/mol. The van der Waals surface area contributed by atoms with Gasteiger partial charge < -0.3 is 9.64 Å². The number of nitrogens with zero attached hydrogens (tertiary/aromatic N) is 2. The molecule has 0 spiro atoms. The smallest absolute Gasteiger partial charge is 0.310 e. The van der Waals surface area contributed by atoms with E-state index in [4.69, 9.17) is 4.74 Å². The Morgan fingerprint density at radius 1 is 1.17 bits per heavy atom. The first-order chi connectivity index (χ1) is 10.9. The lowest BCUT2D eigenvalue weighted by molar-refractivity contribution is -0.144. The Hall–Kier alpha value is -1.44. The van der Waals surface area contributed by atoms with Crippen LogP contribution in [-0.2, 0) is 26.0 Å². The third-order valence-corrected chi connectivity index (χ3v) is 6.10. The third kappa shape index (κ3) is 5.02. The summed E-state index contributed by atoms with van der Waals surface area (Å²) in [5.41, 5.74) is 0.927. The van der Waals surface area contributed by atoms with Crippen molar-refractivity contribution in [2.75, 3.05) is 46.1 Å². The number of sulfonamides is 1. The van der Waals surface area contributed by atoms with Crippen LogP contribution in [0.2, 0.25) is 0 Å². The zero-order valence-electron chi connectivity index (χ0n) is 13.6. The highest BCUT2D eigenvalue weighted by Crippen LogP contribution is 2.16. The average molecular weight is 340 g/mol. The fourth-order valence-corrected chi connectivity index (χ4v) is 4.39. The van der Waals surface area contributed by atoms with E-state index >= 15 is 0 Å². The first kappa shape index (κ1) is 17.9. The molecule has 0 amide bonds. The number of carbonyl (C=O) groups excluding carboxylic acids is 1. The monoisotopic (exact) mass is 340 g/mol. The maximum atomic E-state index is 12.6. The molecule has 1 unspecified atom stereocenters. The normalized spacial score (nSPS) is 18.5. The molecule has 1 heterocycles. The van der Waals surface area contributed by atoms with Crippen LogP contribution in [0.25, 0.3) is 0 Å². The van der Waals surface area contributed by atoms with Crippen molar-refractivity contribution >= 4 is 16.0 Å². The van der Waals surface area contributed by atoms with E-state index in [0.717, 1.165) is 5.56 Å². The highest BCUT2D eigenvalue weighted by Gasteiger charge is 2.32. The number of hydrogen-bond donors (Lipinski definition) is 0. The van der Waals surface area contributed by atoms with Gasteiger partial charge in [-0.1, -0.05) is 30.3 Å². The summed E-state index contributed by atoms with van der Waals surface area (Å²) < 4.78 is 31.5. The van der Waals surface area contributed by atoms with E-state index in [1.807, 2.05) is 37.4 Å². The van der Waals surface area contributed by atoms with Crippen LogP contribution in [0.3, 0.4) is 0 Å². The zero-order valence-corrected chi connectivity index (χ0v) is 14.5. The summed E-state index contributed by atoms with van der Waals surface area (Å²) in [7, 11) is -0.212. The molecule has 0 aliphatic carbocycles. The van der Waals surface area contributed by atoms with Gasteiger partial charge in [-0.05, 0) is 19.0 Å². The average Bonchev–Trinajstić information content (AvgIpc) is 2.54. The standard InChI is InChI=1S/C16H24N2O4S/c1-17-8-10-18(11-9-17)23(20,21)13-15(16(19)22-2)12-14-6-4-3-5-7-14/h3-7,15H,8-13H2,1-2H3. The number of rotatable bonds is 6. The molecule has 0 radical (unpaired) electrons. The minimum absolute atomic E-state index is 0.210.